The highest BCUT2D eigenvalue weighted by molar-refractivity contribution is 5.85. The van der Waals surface area contributed by atoms with Crippen molar-refractivity contribution in [1.82, 2.24) is 0 Å². The smallest absolute Gasteiger partial charge is 0.313 e. The fourth-order valence-electron chi connectivity index (χ4n) is 2.37. The lowest BCUT2D eigenvalue weighted by molar-refractivity contribution is -0.171. The van der Waals surface area contributed by atoms with Crippen molar-refractivity contribution < 1.29 is 23.4 Å². The second-order valence-corrected chi connectivity index (χ2v) is 4.88. The van der Waals surface area contributed by atoms with Crippen LogP contribution in [0, 0.1) is 17.2 Å². The monoisotopic (exact) mass is 332 g/mol. The molecule has 0 bridgehead atoms. The van der Waals surface area contributed by atoms with E-state index in [0.29, 0.717) is 11.3 Å². The number of nitriles is 1. The number of ether oxygens (including phenoxy) is 1. The Balaban J connectivity index is 0.00000242. The number of esters is 1. The minimum absolute atomic E-state index is 0. The Morgan fingerprint density at radius 2 is 2.23 bits per heavy atom. The molecule has 1 aliphatic heterocycles. The second kappa shape index (κ2) is 6.90. The van der Waals surface area contributed by atoms with E-state index in [4.69, 9.17) is 5.26 Å². The minimum Gasteiger partial charge on any atom is -0.469 e. The third-order valence-electron chi connectivity index (χ3n) is 3.48. The van der Waals surface area contributed by atoms with Crippen LogP contribution in [0.2, 0.25) is 0 Å². The van der Waals surface area contributed by atoms with Gasteiger partial charge >= 0.3 is 5.97 Å². The highest BCUT2D eigenvalue weighted by Crippen LogP contribution is 2.34. The van der Waals surface area contributed by atoms with Crippen LogP contribution in [0.4, 0.5) is 14.5 Å². The van der Waals surface area contributed by atoms with Crippen LogP contribution in [0.25, 0.3) is 0 Å². The number of rotatable bonds is 2. The zero-order valence-electron chi connectivity index (χ0n) is 11.7. The van der Waals surface area contributed by atoms with Crippen LogP contribution in [0.1, 0.15) is 5.56 Å². The van der Waals surface area contributed by atoms with E-state index >= 15 is 0 Å². The summed E-state index contributed by atoms with van der Waals surface area (Å²) in [5.74, 6) is -5.67. The van der Waals surface area contributed by atoms with Gasteiger partial charge in [0.05, 0.1) is 25.3 Å². The van der Waals surface area contributed by atoms with Gasteiger partial charge in [-0.1, -0.05) is 6.07 Å². The van der Waals surface area contributed by atoms with Gasteiger partial charge in [0.2, 0.25) is 0 Å². The maximum Gasteiger partial charge on any atom is 0.313 e. The van der Waals surface area contributed by atoms with Gasteiger partial charge in [0, 0.05) is 12.2 Å². The average molecular weight is 333 g/mol. The number of halogens is 3. The number of piperidine rings is 1. The van der Waals surface area contributed by atoms with Crippen molar-refractivity contribution in [3.05, 3.63) is 29.8 Å². The molecular formula is C14H15ClF2N2O3. The topological polar surface area (TPSA) is 73.6 Å². The lowest BCUT2D eigenvalue weighted by atomic mass is 9.91. The van der Waals surface area contributed by atoms with Crippen LogP contribution in [0.15, 0.2) is 24.3 Å². The van der Waals surface area contributed by atoms with Crippen LogP contribution in [-0.2, 0) is 9.53 Å². The Labute approximate surface area is 132 Å². The largest absolute Gasteiger partial charge is 0.469 e. The van der Waals surface area contributed by atoms with E-state index in [-0.39, 0.29) is 19.0 Å². The molecule has 22 heavy (non-hydrogen) atoms. The first-order valence-corrected chi connectivity index (χ1v) is 6.28. The summed E-state index contributed by atoms with van der Waals surface area (Å²) in [4.78, 5) is 12.8. The number of hydrogen-bond acceptors (Lipinski definition) is 5. The molecule has 2 rings (SSSR count). The molecule has 1 aliphatic rings. The molecule has 2 atom stereocenters. The lowest BCUT2D eigenvalue weighted by Gasteiger charge is -2.41. The van der Waals surface area contributed by atoms with Crippen LogP contribution < -0.4 is 4.90 Å². The molecule has 0 spiro atoms. The van der Waals surface area contributed by atoms with Crippen molar-refractivity contribution in [1.29, 1.82) is 5.26 Å². The molecule has 0 aliphatic carbocycles. The fourth-order valence-corrected chi connectivity index (χ4v) is 2.37. The van der Waals surface area contributed by atoms with Crippen molar-refractivity contribution >= 4 is 24.1 Å². The molecule has 1 heterocycles. The van der Waals surface area contributed by atoms with E-state index in [1.807, 2.05) is 6.07 Å². The van der Waals surface area contributed by atoms with Crippen molar-refractivity contribution in [2.24, 2.45) is 5.92 Å². The maximum absolute atomic E-state index is 13.9. The third kappa shape index (κ3) is 3.46. The molecule has 8 heteroatoms. The Morgan fingerprint density at radius 1 is 1.55 bits per heavy atom. The van der Waals surface area contributed by atoms with Gasteiger partial charge in [0.15, 0.2) is 0 Å². The number of carbonyl (C=O) groups excluding carboxylic acids is 1. The van der Waals surface area contributed by atoms with Gasteiger partial charge in [-0.3, -0.25) is 4.79 Å². The lowest BCUT2D eigenvalue weighted by Crippen LogP contribution is -2.59. The van der Waals surface area contributed by atoms with Crippen LogP contribution in [0.3, 0.4) is 0 Å². The zero-order valence-corrected chi connectivity index (χ0v) is 12.5. The summed E-state index contributed by atoms with van der Waals surface area (Å²) in [5.41, 5.74) is 0.728. The standard InChI is InChI=1S/C14H14F2N2O3.ClH/c1-21-13(20)11-7-18(8-14(15,16)12(11)19)10-4-2-3-9(5-10)6-17;/h2-5,11-12,19H,7-8H2,1H3;1H. The van der Waals surface area contributed by atoms with E-state index in [1.54, 1.807) is 18.2 Å². The van der Waals surface area contributed by atoms with Crippen molar-refractivity contribution in [2.45, 2.75) is 12.0 Å². The Kier molecular flexibility index (Phi) is 5.69. The number of anilines is 1. The normalized spacial score (nSPS) is 23.1. The zero-order chi connectivity index (χ0) is 15.6. The third-order valence-corrected chi connectivity index (χ3v) is 3.48. The number of carbonyl (C=O) groups is 1. The molecule has 1 aromatic carbocycles. The highest BCUT2D eigenvalue weighted by Gasteiger charge is 2.52. The number of methoxy groups -OCH3 is 1. The average Bonchev–Trinajstić information content (AvgIpc) is 2.49. The molecule has 0 aromatic heterocycles. The Hall–Kier alpha value is -1.91. The van der Waals surface area contributed by atoms with Gasteiger partial charge in [0.1, 0.15) is 12.0 Å². The van der Waals surface area contributed by atoms with Gasteiger partial charge in [0.25, 0.3) is 5.92 Å². The highest BCUT2D eigenvalue weighted by atomic mass is 35.5. The molecule has 0 radical (unpaired) electrons. The number of nitrogens with zero attached hydrogens (tertiary/aromatic N) is 2. The SMILES string of the molecule is COC(=O)C1CN(c2cccc(C#N)c2)CC(F)(F)C1O.Cl. The van der Waals surface area contributed by atoms with E-state index < -0.39 is 30.5 Å². The quantitative estimate of drug-likeness (QED) is 0.832. The predicted molar refractivity (Wildman–Crippen MR) is 77.1 cm³/mol. The molecule has 120 valence electrons. The van der Waals surface area contributed by atoms with E-state index in [2.05, 4.69) is 4.74 Å². The van der Waals surface area contributed by atoms with E-state index in [1.165, 1.54) is 11.0 Å². The first-order valence-electron chi connectivity index (χ1n) is 6.28. The molecular weight excluding hydrogens is 318 g/mol. The van der Waals surface area contributed by atoms with Crippen molar-refractivity contribution in [2.75, 3.05) is 25.1 Å². The first kappa shape index (κ1) is 18.1. The molecule has 1 fully saturated rings. The van der Waals surface area contributed by atoms with E-state index in [0.717, 1.165) is 7.11 Å². The van der Waals surface area contributed by atoms with Gasteiger partial charge < -0.3 is 14.7 Å². The number of alkyl halides is 2. The molecule has 2 unspecified atom stereocenters. The maximum atomic E-state index is 13.9. The number of aliphatic hydroxyl groups is 1. The summed E-state index contributed by atoms with van der Waals surface area (Å²) in [6.45, 7) is -0.825. The van der Waals surface area contributed by atoms with Gasteiger partial charge in [-0.2, -0.15) is 5.26 Å². The molecule has 5 nitrogen and oxygen atoms in total. The second-order valence-electron chi connectivity index (χ2n) is 4.88. The number of benzene rings is 1. The summed E-state index contributed by atoms with van der Waals surface area (Å²) >= 11 is 0. The van der Waals surface area contributed by atoms with Crippen molar-refractivity contribution in [3.63, 3.8) is 0 Å². The predicted octanol–water partition coefficient (Wildman–Crippen LogP) is 1.59. The van der Waals surface area contributed by atoms with Gasteiger partial charge in [-0.05, 0) is 18.2 Å². The fraction of sp³-hybridized carbons (Fsp3) is 0.429. The molecule has 0 amide bonds. The Bertz CT molecular complexity index is 592. The minimum atomic E-state index is -3.44. The Morgan fingerprint density at radius 3 is 2.82 bits per heavy atom. The summed E-state index contributed by atoms with van der Waals surface area (Å²) in [7, 11) is 1.09. The van der Waals surface area contributed by atoms with Crippen LogP contribution >= 0.6 is 12.4 Å². The molecule has 1 N–H and O–H groups in total. The molecule has 0 saturated carbocycles. The van der Waals surface area contributed by atoms with Gasteiger partial charge in [-0.15, -0.1) is 12.4 Å². The first-order chi connectivity index (χ1) is 9.89. The van der Waals surface area contributed by atoms with Crippen molar-refractivity contribution in [3.8, 4) is 6.07 Å². The summed E-state index contributed by atoms with van der Waals surface area (Å²) < 4.78 is 32.3. The van der Waals surface area contributed by atoms with Crippen LogP contribution in [-0.4, -0.2) is 43.3 Å². The summed E-state index contributed by atoms with van der Waals surface area (Å²) in [6.07, 6.45) is -2.08. The van der Waals surface area contributed by atoms with E-state index in [9.17, 15) is 18.7 Å². The summed E-state index contributed by atoms with van der Waals surface area (Å²) in [6, 6.07) is 8.09. The number of aliphatic hydroxyl groups excluding tert-OH is 1. The number of hydrogen-bond donors (Lipinski definition) is 1. The molecule has 1 aromatic rings. The summed E-state index contributed by atoms with van der Waals surface area (Å²) in [5, 5.41) is 18.5. The molecule has 1 saturated heterocycles. The van der Waals surface area contributed by atoms with Crippen LogP contribution in [0.5, 0.6) is 0 Å². The van der Waals surface area contributed by atoms with Gasteiger partial charge in [-0.25, -0.2) is 8.78 Å².